The first-order valence-electron chi connectivity index (χ1n) is 9.33. The number of oxazole rings is 1. The number of rotatable bonds is 4. The topological polar surface area (TPSA) is 49.6 Å². The predicted molar refractivity (Wildman–Crippen MR) is 95.4 cm³/mol. The first kappa shape index (κ1) is 17.2. The molecule has 1 aliphatic carbocycles. The molecule has 1 saturated heterocycles. The molecule has 6 heteroatoms. The minimum absolute atomic E-state index is 0.0294. The maximum Gasteiger partial charge on any atom is 0.276 e. The maximum atomic E-state index is 13.0. The first-order valence-corrected chi connectivity index (χ1v) is 9.33. The molecule has 1 aliphatic heterocycles. The van der Waals surface area contributed by atoms with Crippen LogP contribution in [0, 0.1) is 12.7 Å². The Bertz CT molecular complexity index is 775. The summed E-state index contributed by atoms with van der Waals surface area (Å²) in [5.74, 6) is 1.51. The molecular weight excluding hydrogens is 333 g/mol. The Hall–Kier alpha value is -2.21. The van der Waals surface area contributed by atoms with Crippen LogP contribution < -0.4 is 0 Å². The lowest BCUT2D eigenvalue weighted by molar-refractivity contribution is 0.0621. The van der Waals surface area contributed by atoms with Gasteiger partial charge in [0.1, 0.15) is 11.6 Å². The van der Waals surface area contributed by atoms with Crippen LogP contribution in [0.3, 0.4) is 0 Å². The van der Waals surface area contributed by atoms with Gasteiger partial charge in [-0.15, -0.1) is 0 Å². The van der Waals surface area contributed by atoms with Crippen molar-refractivity contribution in [3.63, 3.8) is 0 Å². The van der Waals surface area contributed by atoms with Crippen LogP contribution >= 0.6 is 0 Å². The van der Waals surface area contributed by atoms with Crippen molar-refractivity contribution in [2.75, 3.05) is 26.2 Å². The molecule has 2 aromatic rings. The van der Waals surface area contributed by atoms with Gasteiger partial charge in [-0.1, -0.05) is 18.6 Å². The van der Waals surface area contributed by atoms with E-state index in [1.165, 1.54) is 18.6 Å². The fraction of sp³-hybridized carbons (Fsp3) is 0.500. The van der Waals surface area contributed by atoms with Gasteiger partial charge in [0.15, 0.2) is 11.6 Å². The zero-order chi connectivity index (χ0) is 18.1. The van der Waals surface area contributed by atoms with Crippen LogP contribution in [0.5, 0.6) is 0 Å². The highest BCUT2D eigenvalue weighted by molar-refractivity contribution is 5.93. The summed E-state index contributed by atoms with van der Waals surface area (Å²) in [4.78, 5) is 21.4. The van der Waals surface area contributed by atoms with Gasteiger partial charge in [-0.05, 0) is 37.5 Å². The van der Waals surface area contributed by atoms with Gasteiger partial charge in [0.05, 0.1) is 0 Å². The molecule has 1 aromatic heterocycles. The van der Waals surface area contributed by atoms with Gasteiger partial charge in [0.2, 0.25) is 0 Å². The zero-order valence-electron chi connectivity index (χ0n) is 15.1. The van der Waals surface area contributed by atoms with Gasteiger partial charge < -0.3 is 9.32 Å². The number of benzene rings is 1. The van der Waals surface area contributed by atoms with E-state index in [1.807, 2.05) is 24.0 Å². The van der Waals surface area contributed by atoms with E-state index in [0.29, 0.717) is 30.5 Å². The molecule has 0 spiro atoms. The number of piperazine rings is 1. The molecule has 0 radical (unpaired) electrons. The van der Waals surface area contributed by atoms with E-state index in [-0.39, 0.29) is 11.7 Å². The van der Waals surface area contributed by atoms with Gasteiger partial charge in [-0.3, -0.25) is 9.69 Å². The number of nitrogens with zero attached hydrogens (tertiary/aromatic N) is 3. The highest BCUT2D eigenvalue weighted by atomic mass is 19.1. The van der Waals surface area contributed by atoms with E-state index in [1.54, 1.807) is 0 Å². The van der Waals surface area contributed by atoms with E-state index in [0.717, 1.165) is 43.9 Å². The number of carbonyl (C=O) groups excluding carboxylic acids is 1. The van der Waals surface area contributed by atoms with E-state index < -0.39 is 0 Å². The molecule has 0 atom stereocenters. The van der Waals surface area contributed by atoms with Crippen molar-refractivity contribution in [3.05, 3.63) is 53.0 Å². The van der Waals surface area contributed by atoms with E-state index in [4.69, 9.17) is 4.42 Å². The fourth-order valence-corrected chi connectivity index (χ4v) is 3.55. The van der Waals surface area contributed by atoms with Crippen molar-refractivity contribution >= 4 is 5.91 Å². The third-order valence-electron chi connectivity index (χ3n) is 5.45. The lowest BCUT2D eigenvalue weighted by Crippen LogP contribution is -2.48. The standard InChI is InChI=1S/C20H24FN3O2/c1-14-18(22-19(26-14)16-3-2-4-16)20(25)24-11-9-23(10-12-24)13-15-5-7-17(21)8-6-15/h5-8,16H,2-4,9-13H2,1H3. The van der Waals surface area contributed by atoms with Crippen LogP contribution in [0.2, 0.25) is 0 Å². The Morgan fingerprint density at radius 2 is 1.88 bits per heavy atom. The van der Waals surface area contributed by atoms with Crippen LogP contribution in [0.25, 0.3) is 0 Å². The largest absolute Gasteiger partial charge is 0.445 e. The SMILES string of the molecule is Cc1oc(C2CCC2)nc1C(=O)N1CCN(Cc2ccc(F)cc2)CC1. The second kappa shape index (κ2) is 7.19. The molecule has 1 aromatic carbocycles. The number of hydrogen-bond donors (Lipinski definition) is 0. The lowest BCUT2D eigenvalue weighted by atomic mass is 9.85. The second-order valence-corrected chi connectivity index (χ2v) is 7.28. The molecular formula is C20H24FN3O2. The molecule has 2 aliphatic rings. The van der Waals surface area contributed by atoms with Crippen molar-refractivity contribution < 1.29 is 13.6 Å². The summed E-state index contributed by atoms with van der Waals surface area (Å²) in [7, 11) is 0. The molecule has 1 saturated carbocycles. The van der Waals surface area contributed by atoms with Crippen LogP contribution in [-0.4, -0.2) is 46.9 Å². The molecule has 2 fully saturated rings. The maximum absolute atomic E-state index is 13.0. The second-order valence-electron chi connectivity index (χ2n) is 7.28. The fourth-order valence-electron chi connectivity index (χ4n) is 3.55. The molecule has 138 valence electrons. The normalized spacial score (nSPS) is 18.8. The Balaban J connectivity index is 1.34. The summed E-state index contributed by atoms with van der Waals surface area (Å²) in [6.45, 7) is 5.55. The number of aromatic nitrogens is 1. The van der Waals surface area contributed by atoms with Crippen molar-refractivity contribution in [3.8, 4) is 0 Å². The number of hydrogen-bond acceptors (Lipinski definition) is 4. The minimum Gasteiger partial charge on any atom is -0.445 e. The third-order valence-corrected chi connectivity index (χ3v) is 5.45. The van der Waals surface area contributed by atoms with Crippen LogP contribution in [0.4, 0.5) is 4.39 Å². The van der Waals surface area contributed by atoms with Crippen molar-refractivity contribution in [2.24, 2.45) is 0 Å². The summed E-state index contributed by atoms with van der Waals surface area (Å²) in [6, 6.07) is 6.60. The van der Waals surface area contributed by atoms with E-state index in [2.05, 4.69) is 9.88 Å². The van der Waals surface area contributed by atoms with Gasteiger partial charge in [0, 0.05) is 38.6 Å². The molecule has 4 rings (SSSR count). The minimum atomic E-state index is -0.214. The van der Waals surface area contributed by atoms with E-state index in [9.17, 15) is 9.18 Å². The van der Waals surface area contributed by atoms with Crippen LogP contribution in [0.15, 0.2) is 28.7 Å². The quantitative estimate of drug-likeness (QED) is 0.842. The van der Waals surface area contributed by atoms with Gasteiger partial charge in [0.25, 0.3) is 5.91 Å². The summed E-state index contributed by atoms with van der Waals surface area (Å²) >= 11 is 0. The number of halogens is 1. The first-order chi connectivity index (χ1) is 12.6. The summed E-state index contributed by atoms with van der Waals surface area (Å²) in [6.07, 6.45) is 3.43. The van der Waals surface area contributed by atoms with E-state index >= 15 is 0 Å². The summed E-state index contributed by atoms with van der Waals surface area (Å²) < 4.78 is 18.7. The number of amides is 1. The molecule has 2 heterocycles. The van der Waals surface area contributed by atoms with Crippen molar-refractivity contribution in [1.29, 1.82) is 0 Å². The Morgan fingerprint density at radius 3 is 2.50 bits per heavy atom. The number of carbonyl (C=O) groups is 1. The predicted octanol–water partition coefficient (Wildman–Crippen LogP) is 3.35. The van der Waals surface area contributed by atoms with Crippen LogP contribution in [0.1, 0.15) is 52.9 Å². The molecule has 0 bridgehead atoms. The Morgan fingerprint density at radius 1 is 1.19 bits per heavy atom. The Labute approximate surface area is 152 Å². The lowest BCUT2D eigenvalue weighted by Gasteiger charge is -2.34. The van der Waals surface area contributed by atoms with Gasteiger partial charge in [-0.2, -0.15) is 0 Å². The molecule has 26 heavy (non-hydrogen) atoms. The van der Waals surface area contributed by atoms with Gasteiger partial charge in [-0.25, -0.2) is 9.37 Å². The van der Waals surface area contributed by atoms with Gasteiger partial charge >= 0.3 is 0 Å². The van der Waals surface area contributed by atoms with Crippen LogP contribution in [-0.2, 0) is 6.54 Å². The third kappa shape index (κ3) is 3.51. The zero-order valence-corrected chi connectivity index (χ0v) is 15.1. The molecule has 0 unspecified atom stereocenters. The summed E-state index contributed by atoms with van der Waals surface area (Å²) in [5.41, 5.74) is 1.56. The molecule has 5 nitrogen and oxygen atoms in total. The number of aryl methyl sites for hydroxylation is 1. The average Bonchev–Trinajstić information content (AvgIpc) is 2.96. The summed E-state index contributed by atoms with van der Waals surface area (Å²) in [5, 5.41) is 0. The Kier molecular flexibility index (Phi) is 4.76. The highest BCUT2D eigenvalue weighted by Crippen LogP contribution is 2.36. The molecule has 0 N–H and O–H groups in total. The smallest absolute Gasteiger partial charge is 0.276 e. The monoisotopic (exact) mass is 357 g/mol. The average molecular weight is 357 g/mol. The molecule has 1 amide bonds. The van der Waals surface area contributed by atoms with Crippen molar-refractivity contribution in [2.45, 2.75) is 38.6 Å². The van der Waals surface area contributed by atoms with Crippen molar-refractivity contribution in [1.82, 2.24) is 14.8 Å². The highest BCUT2D eigenvalue weighted by Gasteiger charge is 2.30.